The molecule has 34 heavy (non-hydrogen) atoms. The molecular formula is C18H3Cl8FO6P-. The van der Waals surface area contributed by atoms with Crippen molar-refractivity contribution in [2.75, 3.05) is 0 Å². The molecule has 3 heterocycles. The van der Waals surface area contributed by atoms with Gasteiger partial charge < -0.3 is 0 Å². The molecule has 0 bridgehead atoms. The van der Waals surface area contributed by atoms with Crippen LogP contribution in [0.15, 0.2) is 18.2 Å². The van der Waals surface area contributed by atoms with Crippen molar-refractivity contribution in [3.8, 4) is 34.5 Å². The Labute approximate surface area is 229 Å². The second kappa shape index (κ2) is 6.71. The van der Waals surface area contributed by atoms with Crippen molar-refractivity contribution in [1.82, 2.24) is 0 Å². The minimum absolute atomic E-state index is 0.188. The summed E-state index contributed by atoms with van der Waals surface area (Å²) in [5, 5.41) is -1.79. The molecule has 0 atom stereocenters. The fourth-order valence-corrected chi connectivity index (χ4v) is 9.42. The van der Waals surface area contributed by atoms with Gasteiger partial charge in [0.2, 0.25) is 0 Å². The van der Waals surface area contributed by atoms with Gasteiger partial charge in [0.05, 0.1) is 0 Å². The van der Waals surface area contributed by atoms with Crippen LogP contribution in [0.5, 0.6) is 34.5 Å². The van der Waals surface area contributed by atoms with Crippen molar-refractivity contribution in [1.29, 1.82) is 0 Å². The minimum atomic E-state index is -6.67. The number of benzene rings is 3. The third-order valence-corrected chi connectivity index (χ3v) is 11.9. The molecule has 6 nitrogen and oxygen atoms in total. The summed E-state index contributed by atoms with van der Waals surface area (Å²) in [5.74, 6) is -2.89. The molecule has 3 aliphatic heterocycles. The van der Waals surface area contributed by atoms with Gasteiger partial charge in [0.15, 0.2) is 0 Å². The Morgan fingerprint density at radius 3 is 1.18 bits per heavy atom. The summed E-state index contributed by atoms with van der Waals surface area (Å²) in [6.07, 6.45) is 0. The first kappa shape index (κ1) is 23.5. The molecule has 0 N–H and O–H groups in total. The zero-order valence-corrected chi connectivity index (χ0v) is 22.5. The van der Waals surface area contributed by atoms with E-state index in [-0.39, 0.29) is 68.9 Å². The van der Waals surface area contributed by atoms with Crippen LogP contribution >= 0.6 is 100 Å². The van der Waals surface area contributed by atoms with Gasteiger partial charge in [0, 0.05) is 0 Å². The van der Waals surface area contributed by atoms with Crippen LogP contribution < -0.4 is 27.1 Å². The topological polar surface area (TPSA) is 55.4 Å². The summed E-state index contributed by atoms with van der Waals surface area (Å²) < 4.78 is 50.9. The quantitative estimate of drug-likeness (QED) is 0.137. The molecule has 16 heteroatoms. The molecule has 0 unspecified atom stereocenters. The van der Waals surface area contributed by atoms with Gasteiger partial charge in [-0.3, -0.25) is 0 Å². The van der Waals surface area contributed by atoms with E-state index in [2.05, 4.69) is 0 Å². The third kappa shape index (κ3) is 2.66. The average Bonchev–Trinajstić information content (AvgIpc) is 3.41. The number of rotatable bonds is 0. The Bertz CT molecular complexity index is 1370. The maximum atomic E-state index is 14.8. The second-order valence-electron chi connectivity index (χ2n) is 7.06. The molecule has 0 saturated carbocycles. The predicted molar refractivity (Wildman–Crippen MR) is 130 cm³/mol. The van der Waals surface area contributed by atoms with Gasteiger partial charge in [-0.1, -0.05) is 0 Å². The monoisotopic (exact) mass is 645 g/mol. The first-order valence-corrected chi connectivity index (χ1v) is 14.0. The van der Waals surface area contributed by atoms with Gasteiger partial charge in [-0.25, -0.2) is 0 Å². The molecule has 1 spiro atoms. The fourth-order valence-electron chi connectivity index (χ4n) is 3.57. The molecule has 6 rings (SSSR count). The first-order valence-electron chi connectivity index (χ1n) is 8.77. The number of hydrogen-bond acceptors (Lipinski definition) is 6. The second-order valence-corrected chi connectivity index (χ2v) is 13.4. The van der Waals surface area contributed by atoms with Crippen molar-refractivity contribution in [3.05, 3.63) is 64.2 Å². The van der Waals surface area contributed by atoms with Crippen LogP contribution in [0.25, 0.3) is 0 Å². The Morgan fingerprint density at radius 2 is 0.824 bits per heavy atom. The Hall–Kier alpha value is -0.860. The molecule has 0 aromatic heterocycles. The molecule has 180 valence electrons. The van der Waals surface area contributed by atoms with Crippen LogP contribution in [0.3, 0.4) is 0 Å². The maximum absolute atomic E-state index is 14.8. The van der Waals surface area contributed by atoms with Crippen LogP contribution in [0.2, 0.25) is 40.2 Å². The Kier molecular flexibility index (Phi) is 4.65. The van der Waals surface area contributed by atoms with E-state index in [0.717, 1.165) is 6.07 Å². The number of hydrogen-bond donors (Lipinski definition) is 0. The zero-order chi connectivity index (χ0) is 24.4. The summed E-state index contributed by atoms with van der Waals surface area (Å²) in [5.41, 5.74) is 0. The summed E-state index contributed by atoms with van der Waals surface area (Å²) in [6.45, 7) is 0. The number of halogens is 9. The van der Waals surface area contributed by atoms with Crippen LogP contribution in [0, 0.1) is 5.82 Å². The van der Waals surface area contributed by atoms with E-state index in [0.29, 0.717) is 0 Å². The average molecular weight is 649 g/mol. The molecule has 3 aromatic carbocycles. The van der Waals surface area contributed by atoms with Crippen molar-refractivity contribution in [2.24, 2.45) is 0 Å². The fraction of sp³-hybridized carbons (Fsp3) is 0. The van der Waals surface area contributed by atoms with Gasteiger partial charge in [0.1, 0.15) is 0 Å². The summed E-state index contributed by atoms with van der Waals surface area (Å²) in [7, 11) is -6.67. The molecular weight excluding hydrogens is 646 g/mol. The van der Waals surface area contributed by atoms with Gasteiger partial charge in [-0.2, -0.15) is 0 Å². The summed E-state index contributed by atoms with van der Waals surface area (Å²) in [4.78, 5) is 0. The van der Waals surface area contributed by atoms with Gasteiger partial charge in [0.25, 0.3) is 0 Å². The van der Waals surface area contributed by atoms with Crippen molar-refractivity contribution in [3.63, 3.8) is 0 Å². The predicted octanol–water partition coefficient (Wildman–Crippen LogP) is 10.3. The molecule has 3 aromatic rings. The first-order chi connectivity index (χ1) is 15.9. The van der Waals surface area contributed by atoms with E-state index < -0.39 is 18.9 Å². The van der Waals surface area contributed by atoms with Gasteiger partial charge in [-0.15, -0.1) is 0 Å². The van der Waals surface area contributed by atoms with E-state index in [4.69, 9.17) is 120 Å². The Balaban J connectivity index is 1.70. The summed E-state index contributed by atoms with van der Waals surface area (Å²) in [6, 6.07) is 3.76. The van der Waals surface area contributed by atoms with Crippen LogP contribution in [-0.2, 0) is 0 Å². The van der Waals surface area contributed by atoms with E-state index in [1.54, 1.807) is 0 Å². The van der Waals surface area contributed by atoms with Crippen molar-refractivity contribution >= 4 is 100 Å². The molecule has 0 amide bonds. The van der Waals surface area contributed by atoms with E-state index in [9.17, 15) is 4.39 Å². The molecule has 0 radical (unpaired) electrons. The SMILES string of the molecule is Fc1cccc2c1O[P-]13(O2)(Oc2c(Cl)c(Cl)c(Cl)c(Cl)c2O1)Oc1c(Cl)c(Cl)c(Cl)c(Cl)c1O3. The van der Waals surface area contributed by atoms with E-state index in [1.807, 2.05) is 0 Å². The van der Waals surface area contributed by atoms with Crippen LogP contribution in [0.4, 0.5) is 4.39 Å². The third-order valence-electron chi connectivity index (χ3n) is 4.97. The number of para-hydroxylation sites is 1. The van der Waals surface area contributed by atoms with E-state index in [1.165, 1.54) is 12.1 Å². The van der Waals surface area contributed by atoms with Gasteiger partial charge >= 0.3 is 230 Å². The molecule has 0 aliphatic carbocycles. The molecule has 3 aliphatic rings. The molecule has 0 fully saturated rings. The van der Waals surface area contributed by atoms with Crippen molar-refractivity contribution < 1.29 is 31.5 Å². The Morgan fingerprint density at radius 1 is 0.471 bits per heavy atom. The van der Waals surface area contributed by atoms with E-state index >= 15 is 0 Å². The van der Waals surface area contributed by atoms with Crippen molar-refractivity contribution in [2.45, 2.75) is 0 Å². The van der Waals surface area contributed by atoms with Gasteiger partial charge in [-0.05, 0) is 0 Å². The zero-order valence-electron chi connectivity index (χ0n) is 15.5. The van der Waals surface area contributed by atoms with Crippen LogP contribution in [0.1, 0.15) is 0 Å². The molecule has 0 saturated heterocycles. The summed E-state index contributed by atoms with van der Waals surface area (Å²) >= 11 is 50.1. The standard InChI is InChI=1S/C18H3Cl8FO6P/c19-6-7(20)11(24)16-15(10(6)23)30-34(31-16,28-5-3-1-2-4(27)14(5)29-34)32-17-12(25)8(21)9(22)13(26)18(17)33-34/h1-3H/q-1. The van der Waals surface area contributed by atoms with Crippen LogP contribution in [-0.4, -0.2) is 0 Å². The number of fused-ring (bicyclic) bond motifs is 3. The normalized spacial score (nSPS) is 20.7.